The molecule has 3 rings (SSSR count). The quantitative estimate of drug-likeness (QED) is 0.754. The third-order valence-electron chi connectivity index (χ3n) is 4.76. The lowest BCUT2D eigenvalue weighted by atomic mass is 9.91. The number of benzene rings is 2. The monoisotopic (exact) mass is 327 g/mol. The van der Waals surface area contributed by atoms with E-state index in [1.165, 1.54) is 29.2 Å². The van der Waals surface area contributed by atoms with Gasteiger partial charge in [0.1, 0.15) is 0 Å². The van der Waals surface area contributed by atoms with Crippen molar-refractivity contribution in [2.75, 3.05) is 0 Å². The molecule has 23 heavy (non-hydrogen) atoms. The molecule has 0 saturated heterocycles. The van der Waals surface area contributed by atoms with Crippen molar-refractivity contribution in [1.82, 2.24) is 10.6 Å². The van der Waals surface area contributed by atoms with E-state index in [9.17, 15) is 0 Å². The summed E-state index contributed by atoms with van der Waals surface area (Å²) in [6, 6.07) is 15.6. The fourth-order valence-corrected chi connectivity index (χ4v) is 3.63. The number of thiocarbonyl (C=S) groups is 1. The van der Waals surface area contributed by atoms with E-state index in [4.69, 9.17) is 18.0 Å². The Hall–Kier alpha value is -1.65. The van der Waals surface area contributed by atoms with Gasteiger partial charge in [0.05, 0.1) is 6.04 Å². The Morgan fingerprint density at radius 1 is 1.13 bits per heavy atom. The zero-order valence-electron chi connectivity index (χ0n) is 13.6. The number of fused-ring (bicyclic) bond motifs is 1. The van der Waals surface area contributed by atoms with Gasteiger partial charge < -0.3 is 16.4 Å². The number of nitrogens with one attached hydrogen (secondary N) is 2. The molecule has 4 N–H and O–H groups in total. The van der Waals surface area contributed by atoms with Crippen LogP contribution in [0.25, 0.3) is 10.8 Å². The Bertz CT molecular complexity index is 685. The van der Waals surface area contributed by atoms with Crippen LogP contribution in [0.3, 0.4) is 0 Å². The van der Waals surface area contributed by atoms with Gasteiger partial charge in [-0.25, -0.2) is 0 Å². The van der Waals surface area contributed by atoms with Gasteiger partial charge in [-0.2, -0.15) is 0 Å². The summed E-state index contributed by atoms with van der Waals surface area (Å²) in [4.78, 5) is 0. The molecule has 1 saturated carbocycles. The van der Waals surface area contributed by atoms with Crippen LogP contribution in [0.4, 0.5) is 0 Å². The van der Waals surface area contributed by atoms with Gasteiger partial charge >= 0.3 is 0 Å². The summed E-state index contributed by atoms with van der Waals surface area (Å²) in [5.74, 6) is 0. The van der Waals surface area contributed by atoms with Gasteiger partial charge in [0.25, 0.3) is 0 Å². The minimum Gasteiger partial charge on any atom is -0.358 e. The molecule has 0 radical (unpaired) electrons. The molecule has 122 valence electrons. The molecule has 0 spiro atoms. The molecule has 0 unspecified atom stereocenters. The second-order valence-corrected chi connectivity index (χ2v) is 6.91. The Kier molecular flexibility index (Phi) is 5.13. The van der Waals surface area contributed by atoms with E-state index in [0.29, 0.717) is 11.2 Å². The van der Waals surface area contributed by atoms with E-state index >= 15 is 0 Å². The SMILES string of the molecule is C[C@H](NC(=S)N[C@@H]1CCCC[C@H]1N)c1ccc2ccccc2c1. The molecular weight excluding hydrogens is 302 g/mol. The first-order valence-electron chi connectivity index (χ1n) is 8.45. The molecule has 1 aliphatic carbocycles. The van der Waals surface area contributed by atoms with Crippen LogP contribution in [-0.4, -0.2) is 17.2 Å². The lowest BCUT2D eigenvalue weighted by molar-refractivity contribution is 0.358. The summed E-state index contributed by atoms with van der Waals surface area (Å²) in [6.07, 6.45) is 4.65. The standard InChI is InChI=1S/C19H25N3S/c1-13(15-11-10-14-6-2-3-7-16(14)12-15)21-19(23)22-18-9-5-4-8-17(18)20/h2-3,6-7,10-13,17-18H,4-5,8-9,20H2,1H3,(H2,21,22,23)/t13-,17+,18+/m0/s1. The minimum absolute atomic E-state index is 0.166. The fourth-order valence-electron chi connectivity index (χ4n) is 3.31. The van der Waals surface area contributed by atoms with Crippen molar-refractivity contribution in [2.45, 2.75) is 50.7 Å². The van der Waals surface area contributed by atoms with Crippen LogP contribution >= 0.6 is 12.2 Å². The zero-order chi connectivity index (χ0) is 16.2. The maximum Gasteiger partial charge on any atom is 0.167 e. The number of rotatable bonds is 3. The highest BCUT2D eigenvalue weighted by Gasteiger charge is 2.22. The highest BCUT2D eigenvalue weighted by atomic mass is 32.1. The van der Waals surface area contributed by atoms with Crippen LogP contribution in [0.15, 0.2) is 42.5 Å². The van der Waals surface area contributed by atoms with E-state index in [0.717, 1.165) is 12.8 Å². The van der Waals surface area contributed by atoms with Crippen molar-refractivity contribution < 1.29 is 0 Å². The summed E-state index contributed by atoms with van der Waals surface area (Å²) in [5.41, 5.74) is 7.42. The Morgan fingerprint density at radius 3 is 2.65 bits per heavy atom. The summed E-state index contributed by atoms with van der Waals surface area (Å²) in [5, 5.41) is 10.0. The summed E-state index contributed by atoms with van der Waals surface area (Å²) >= 11 is 5.48. The number of hydrogen-bond acceptors (Lipinski definition) is 2. The van der Waals surface area contributed by atoms with Crippen LogP contribution in [0, 0.1) is 0 Å². The Morgan fingerprint density at radius 2 is 1.87 bits per heavy atom. The Labute approximate surface area is 143 Å². The van der Waals surface area contributed by atoms with Gasteiger partial charge in [0, 0.05) is 12.1 Å². The summed E-state index contributed by atoms with van der Waals surface area (Å²) < 4.78 is 0. The van der Waals surface area contributed by atoms with E-state index in [-0.39, 0.29) is 12.1 Å². The lowest BCUT2D eigenvalue weighted by Crippen LogP contribution is -2.52. The second-order valence-electron chi connectivity index (χ2n) is 6.50. The maximum absolute atomic E-state index is 6.18. The molecule has 3 atom stereocenters. The maximum atomic E-state index is 6.18. The fraction of sp³-hybridized carbons (Fsp3) is 0.421. The first kappa shape index (κ1) is 16.2. The zero-order valence-corrected chi connectivity index (χ0v) is 14.4. The summed E-state index contributed by atoms with van der Waals surface area (Å²) in [7, 11) is 0. The lowest BCUT2D eigenvalue weighted by Gasteiger charge is -2.31. The molecule has 0 aliphatic heterocycles. The van der Waals surface area contributed by atoms with Gasteiger partial charge in [-0.15, -0.1) is 0 Å². The van der Waals surface area contributed by atoms with Gasteiger partial charge in [-0.3, -0.25) is 0 Å². The summed E-state index contributed by atoms with van der Waals surface area (Å²) in [6.45, 7) is 2.14. The molecule has 0 bridgehead atoms. The first-order valence-corrected chi connectivity index (χ1v) is 8.85. The van der Waals surface area contributed by atoms with Gasteiger partial charge in [0.2, 0.25) is 0 Å². The minimum atomic E-state index is 0.166. The average molecular weight is 327 g/mol. The van der Waals surface area contributed by atoms with Crippen molar-refractivity contribution in [2.24, 2.45) is 5.73 Å². The number of nitrogens with two attached hydrogens (primary N) is 1. The van der Waals surface area contributed by atoms with Crippen LogP contribution in [0.1, 0.15) is 44.2 Å². The normalized spacial score (nSPS) is 22.5. The van der Waals surface area contributed by atoms with Crippen LogP contribution < -0.4 is 16.4 Å². The van der Waals surface area contributed by atoms with Crippen molar-refractivity contribution in [1.29, 1.82) is 0 Å². The van der Waals surface area contributed by atoms with Crippen molar-refractivity contribution in [3.05, 3.63) is 48.0 Å². The number of hydrogen-bond donors (Lipinski definition) is 3. The molecule has 0 amide bonds. The molecule has 1 fully saturated rings. The molecule has 2 aromatic rings. The van der Waals surface area contributed by atoms with Crippen molar-refractivity contribution in [3.63, 3.8) is 0 Å². The van der Waals surface area contributed by atoms with Crippen LogP contribution in [-0.2, 0) is 0 Å². The van der Waals surface area contributed by atoms with Gasteiger partial charge in [-0.1, -0.05) is 49.2 Å². The average Bonchev–Trinajstić information content (AvgIpc) is 2.56. The molecule has 0 heterocycles. The molecular formula is C19H25N3S. The molecule has 1 aliphatic rings. The molecule has 3 nitrogen and oxygen atoms in total. The predicted molar refractivity (Wildman–Crippen MR) is 101 cm³/mol. The highest BCUT2D eigenvalue weighted by molar-refractivity contribution is 7.80. The smallest absolute Gasteiger partial charge is 0.167 e. The predicted octanol–water partition coefficient (Wildman–Crippen LogP) is 3.63. The molecule has 4 heteroatoms. The van der Waals surface area contributed by atoms with E-state index in [1.54, 1.807) is 0 Å². The second kappa shape index (κ2) is 7.28. The van der Waals surface area contributed by atoms with Crippen molar-refractivity contribution in [3.8, 4) is 0 Å². The largest absolute Gasteiger partial charge is 0.358 e. The van der Waals surface area contributed by atoms with Gasteiger partial charge in [0.15, 0.2) is 5.11 Å². The molecule has 0 aromatic heterocycles. The third kappa shape index (κ3) is 4.01. The van der Waals surface area contributed by atoms with E-state index in [1.807, 2.05) is 0 Å². The Balaban J connectivity index is 1.62. The first-order chi connectivity index (χ1) is 11.1. The van der Waals surface area contributed by atoms with Crippen LogP contribution in [0.5, 0.6) is 0 Å². The van der Waals surface area contributed by atoms with Crippen LogP contribution in [0.2, 0.25) is 0 Å². The van der Waals surface area contributed by atoms with E-state index < -0.39 is 0 Å². The van der Waals surface area contributed by atoms with Gasteiger partial charge in [-0.05, 0) is 54.4 Å². The van der Waals surface area contributed by atoms with Crippen molar-refractivity contribution >= 4 is 28.1 Å². The third-order valence-corrected chi connectivity index (χ3v) is 4.99. The topological polar surface area (TPSA) is 50.1 Å². The highest BCUT2D eigenvalue weighted by Crippen LogP contribution is 2.21. The van der Waals surface area contributed by atoms with E-state index in [2.05, 4.69) is 60.0 Å². The molecule has 2 aromatic carbocycles.